The van der Waals surface area contributed by atoms with Crippen LogP contribution in [0, 0.1) is 11.3 Å². The van der Waals surface area contributed by atoms with Gasteiger partial charge in [0.2, 0.25) is 0 Å². The van der Waals surface area contributed by atoms with Gasteiger partial charge in [-0.05, 0) is 20.8 Å². The second kappa shape index (κ2) is 8.38. The van der Waals surface area contributed by atoms with E-state index in [0.29, 0.717) is 13.2 Å². The molecule has 0 radical (unpaired) electrons. The average molecular weight is 285 g/mol. The van der Waals surface area contributed by atoms with Crippen molar-refractivity contribution in [2.24, 2.45) is 0 Å². The maximum absolute atomic E-state index is 12.5. The lowest BCUT2D eigenvalue weighted by Gasteiger charge is -2.37. The van der Waals surface area contributed by atoms with Crippen LogP contribution in [0.1, 0.15) is 27.2 Å². The van der Waals surface area contributed by atoms with Crippen molar-refractivity contribution < 1.29 is 19.4 Å². The number of hydrogen-bond donors (Lipinski definition) is 1. The highest BCUT2D eigenvalue weighted by atomic mass is 16.5. The van der Waals surface area contributed by atoms with Gasteiger partial charge < -0.3 is 19.6 Å². The molecular weight excluding hydrogens is 262 g/mol. The summed E-state index contributed by atoms with van der Waals surface area (Å²) in [5.41, 5.74) is -1.30. The summed E-state index contributed by atoms with van der Waals surface area (Å²) in [6.07, 6.45) is 0.195. The Morgan fingerprint density at radius 3 is 2.35 bits per heavy atom. The Hall–Kier alpha value is -1.81. The number of urea groups is 1. The highest BCUT2D eigenvalue weighted by molar-refractivity contribution is 5.85. The molecule has 0 aromatic carbocycles. The Kier molecular flexibility index (Phi) is 7.62. The molecule has 2 amide bonds. The van der Waals surface area contributed by atoms with Gasteiger partial charge in [0.15, 0.2) is 0 Å². The number of nitrogens with zero attached hydrogens (tertiary/aromatic N) is 3. The van der Waals surface area contributed by atoms with Gasteiger partial charge in [0.25, 0.3) is 0 Å². The van der Waals surface area contributed by atoms with E-state index >= 15 is 0 Å². The van der Waals surface area contributed by atoms with Crippen molar-refractivity contribution in [3.8, 4) is 6.07 Å². The van der Waals surface area contributed by atoms with E-state index in [2.05, 4.69) is 0 Å². The van der Waals surface area contributed by atoms with Gasteiger partial charge in [0, 0.05) is 26.7 Å². The van der Waals surface area contributed by atoms with Crippen LogP contribution in [0.2, 0.25) is 0 Å². The van der Waals surface area contributed by atoms with Gasteiger partial charge in [-0.2, -0.15) is 5.26 Å². The fraction of sp³-hybridized carbons (Fsp3) is 0.769. The Morgan fingerprint density at radius 1 is 1.35 bits per heavy atom. The Bertz CT molecular complexity index is 376. The summed E-state index contributed by atoms with van der Waals surface area (Å²) in [6.45, 7) is 5.87. The lowest BCUT2D eigenvalue weighted by molar-refractivity contribution is -0.147. The third kappa shape index (κ3) is 4.70. The van der Waals surface area contributed by atoms with Crippen molar-refractivity contribution in [2.45, 2.75) is 32.7 Å². The van der Waals surface area contributed by atoms with Crippen LogP contribution in [0.3, 0.4) is 0 Å². The third-order valence-electron chi connectivity index (χ3n) is 3.07. The van der Waals surface area contributed by atoms with E-state index in [1.807, 2.05) is 6.07 Å². The molecule has 0 atom stereocenters. The van der Waals surface area contributed by atoms with Gasteiger partial charge in [0.05, 0.1) is 19.1 Å². The van der Waals surface area contributed by atoms with E-state index in [1.54, 1.807) is 6.92 Å². The lowest BCUT2D eigenvalue weighted by Crippen LogP contribution is -2.57. The van der Waals surface area contributed by atoms with Gasteiger partial charge >= 0.3 is 12.0 Å². The Morgan fingerprint density at radius 2 is 1.95 bits per heavy atom. The molecule has 0 bridgehead atoms. The maximum Gasteiger partial charge on any atom is 0.329 e. The van der Waals surface area contributed by atoms with Crippen LogP contribution < -0.4 is 0 Å². The van der Waals surface area contributed by atoms with Crippen LogP contribution in [0.5, 0.6) is 0 Å². The molecule has 0 saturated heterocycles. The Balaban J connectivity index is 5.08. The molecule has 0 aliphatic carbocycles. The summed E-state index contributed by atoms with van der Waals surface area (Å²) >= 11 is 0. The van der Waals surface area contributed by atoms with Crippen LogP contribution in [-0.2, 0) is 9.53 Å². The van der Waals surface area contributed by atoms with E-state index in [0.717, 1.165) is 0 Å². The molecule has 7 heteroatoms. The molecule has 0 spiro atoms. The number of carbonyl (C=O) groups excluding carboxylic acids is 1. The molecule has 20 heavy (non-hydrogen) atoms. The van der Waals surface area contributed by atoms with Gasteiger partial charge in [0.1, 0.15) is 5.54 Å². The number of nitriles is 1. The van der Waals surface area contributed by atoms with Crippen LogP contribution in [0.4, 0.5) is 4.79 Å². The topological polar surface area (TPSA) is 93.9 Å². The number of carbonyl (C=O) groups is 2. The highest BCUT2D eigenvalue weighted by Gasteiger charge is 2.38. The molecule has 7 nitrogen and oxygen atoms in total. The molecule has 0 unspecified atom stereocenters. The predicted octanol–water partition coefficient (Wildman–Crippen LogP) is 1.15. The zero-order valence-corrected chi connectivity index (χ0v) is 12.5. The number of hydrogen-bond acceptors (Lipinski definition) is 4. The first-order valence-electron chi connectivity index (χ1n) is 6.48. The van der Waals surface area contributed by atoms with Crippen molar-refractivity contribution in [3.05, 3.63) is 0 Å². The SMILES string of the molecule is CCN(C(=O)N(CCC#N)CCOC)C(C)(C)C(=O)O. The van der Waals surface area contributed by atoms with Crippen LogP contribution in [0.25, 0.3) is 0 Å². The lowest BCUT2D eigenvalue weighted by atomic mass is 10.0. The van der Waals surface area contributed by atoms with E-state index in [-0.39, 0.29) is 19.5 Å². The second-order valence-electron chi connectivity index (χ2n) is 4.78. The summed E-state index contributed by atoms with van der Waals surface area (Å²) in [6, 6.07) is 1.58. The van der Waals surface area contributed by atoms with E-state index < -0.39 is 17.5 Å². The zero-order chi connectivity index (χ0) is 15.8. The molecule has 0 aliphatic heterocycles. The smallest absolute Gasteiger partial charge is 0.329 e. The number of rotatable bonds is 8. The minimum atomic E-state index is -1.30. The largest absolute Gasteiger partial charge is 0.480 e. The number of ether oxygens (including phenoxy) is 1. The summed E-state index contributed by atoms with van der Waals surface area (Å²) < 4.78 is 4.94. The number of methoxy groups -OCH3 is 1. The van der Waals surface area contributed by atoms with Crippen molar-refractivity contribution >= 4 is 12.0 Å². The maximum atomic E-state index is 12.5. The van der Waals surface area contributed by atoms with Crippen LogP contribution in [0.15, 0.2) is 0 Å². The average Bonchev–Trinajstić information content (AvgIpc) is 2.39. The first kappa shape index (κ1) is 18.2. The third-order valence-corrected chi connectivity index (χ3v) is 3.07. The molecule has 0 aromatic rings. The monoisotopic (exact) mass is 285 g/mol. The minimum absolute atomic E-state index is 0.195. The predicted molar refractivity (Wildman–Crippen MR) is 73.2 cm³/mol. The fourth-order valence-electron chi connectivity index (χ4n) is 1.75. The van der Waals surface area contributed by atoms with E-state index in [4.69, 9.17) is 10.00 Å². The second-order valence-corrected chi connectivity index (χ2v) is 4.78. The number of amides is 2. The van der Waals surface area contributed by atoms with E-state index in [1.165, 1.54) is 30.8 Å². The standard InChI is InChI=1S/C13H23N3O4/c1-5-16(13(2,3)11(17)18)12(19)15(8-6-7-14)9-10-20-4/h5-6,8-10H2,1-4H3,(H,17,18). The first-order valence-corrected chi connectivity index (χ1v) is 6.48. The van der Waals surface area contributed by atoms with Crippen molar-refractivity contribution in [1.82, 2.24) is 9.80 Å². The summed E-state index contributed by atoms with van der Waals surface area (Å²) in [7, 11) is 1.52. The molecule has 0 aliphatic rings. The molecule has 114 valence electrons. The molecule has 0 saturated carbocycles. The molecule has 0 aromatic heterocycles. The summed E-state index contributed by atoms with van der Waals surface area (Å²) in [5, 5.41) is 17.9. The van der Waals surface area contributed by atoms with Crippen molar-refractivity contribution in [3.63, 3.8) is 0 Å². The summed E-state index contributed by atoms with van der Waals surface area (Å²) in [5.74, 6) is -1.07. The molecule has 0 fully saturated rings. The highest BCUT2D eigenvalue weighted by Crippen LogP contribution is 2.17. The molecule has 1 N–H and O–H groups in total. The quantitative estimate of drug-likeness (QED) is 0.722. The van der Waals surface area contributed by atoms with Gasteiger partial charge in [-0.25, -0.2) is 9.59 Å². The molecule has 0 rings (SSSR count). The van der Waals surface area contributed by atoms with Crippen molar-refractivity contribution in [1.29, 1.82) is 5.26 Å². The summed E-state index contributed by atoms with van der Waals surface area (Å²) in [4.78, 5) is 26.5. The van der Waals surface area contributed by atoms with E-state index in [9.17, 15) is 14.7 Å². The van der Waals surface area contributed by atoms with Crippen molar-refractivity contribution in [2.75, 3.05) is 33.4 Å². The number of aliphatic carboxylic acids is 1. The first-order chi connectivity index (χ1) is 9.32. The van der Waals surface area contributed by atoms with Gasteiger partial charge in [-0.15, -0.1) is 0 Å². The van der Waals surface area contributed by atoms with Gasteiger partial charge in [-0.1, -0.05) is 0 Å². The van der Waals surface area contributed by atoms with Crippen LogP contribution in [-0.4, -0.2) is 65.8 Å². The molecule has 0 heterocycles. The normalized spacial score (nSPS) is 10.8. The number of carboxylic acids is 1. The van der Waals surface area contributed by atoms with Gasteiger partial charge in [-0.3, -0.25) is 0 Å². The minimum Gasteiger partial charge on any atom is -0.480 e. The van der Waals surface area contributed by atoms with Crippen LogP contribution >= 0.6 is 0 Å². The fourth-order valence-corrected chi connectivity index (χ4v) is 1.75. The number of carboxylic acid groups (broad SMARTS) is 1. The Labute approximate surface area is 119 Å². The molecular formula is C13H23N3O4. The zero-order valence-electron chi connectivity index (χ0n) is 12.5. The number of likely N-dealkylation sites (N-methyl/N-ethyl adjacent to an activating group) is 1.